The molecule has 3 aromatic rings. The zero-order valence-corrected chi connectivity index (χ0v) is 14.0. The van der Waals surface area contributed by atoms with Gasteiger partial charge in [-0.05, 0) is 11.4 Å². The quantitative estimate of drug-likeness (QED) is 0.776. The van der Waals surface area contributed by atoms with Gasteiger partial charge in [-0.3, -0.25) is 14.9 Å². The first-order chi connectivity index (χ1) is 11.7. The molecular weight excluding hydrogens is 348 g/mol. The molecule has 2 amide bonds. The van der Waals surface area contributed by atoms with Crippen LogP contribution in [0.3, 0.4) is 0 Å². The lowest BCUT2D eigenvalue weighted by Gasteiger charge is -2.24. The largest absolute Gasteiger partial charge is 0.351 e. The Hall–Kier alpha value is -2.52. The van der Waals surface area contributed by atoms with Crippen molar-refractivity contribution in [3.8, 4) is 0 Å². The molecular formula is C15H12N4O3S2. The highest BCUT2D eigenvalue weighted by Gasteiger charge is 2.27. The van der Waals surface area contributed by atoms with Gasteiger partial charge in [-0.25, -0.2) is 4.98 Å². The molecule has 0 atom stereocenters. The van der Waals surface area contributed by atoms with E-state index in [9.17, 15) is 9.59 Å². The Balaban J connectivity index is 1.48. The van der Waals surface area contributed by atoms with Gasteiger partial charge in [0.2, 0.25) is 5.76 Å². The number of hydrogen-bond donors (Lipinski definition) is 1. The summed E-state index contributed by atoms with van der Waals surface area (Å²) in [6.07, 6.45) is 2.10. The lowest BCUT2D eigenvalue weighted by molar-refractivity contribution is 0.0694. The molecule has 0 spiro atoms. The molecule has 4 rings (SSSR count). The topological polar surface area (TPSA) is 88.3 Å². The molecule has 0 saturated carbocycles. The first-order valence-corrected chi connectivity index (χ1v) is 8.99. The molecule has 1 aliphatic rings. The number of thiazole rings is 1. The zero-order valence-electron chi connectivity index (χ0n) is 12.4. The van der Waals surface area contributed by atoms with Crippen molar-refractivity contribution < 1.29 is 14.1 Å². The monoisotopic (exact) mass is 360 g/mol. The number of fused-ring (bicyclic) bond motifs is 1. The maximum atomic E-state index is 12.3. The number of hydrogen-bond acceptors (Lipinski definition) is 7. The van der Waals surface area contributed by atoms with Crippen LogP contribution in [0, 0.1) is 0 Å². The molecule has 1 N–H and O–H groups in total. The van der Waals surface area contributed by atoms with Crippen LogP contribution in [-0.2, 0) is 13.0 Å². The Bertz CT molecular complexity index is 871. The molecule has 0 unspecified atom stereocenters. The van der Waals surface area contributed by atoms with Gasteiger partial charge in [-0.15, -0.1) is 0 Å². The summed E-state index contributed by atoms with van der Waals surface area (Å²) in [6, 6.07) is 3.32. The van der Waals surface area contributed by atoms with Gasteiger partial charge in [0, 0.05) is 29.3 Å². The van der Waals surface area contributed by atoms with Crippen LogP contribution in [0.2, 0.25) is 0 Å². The molecule has 7 nitrogen and oxygen atoms in total. The molecule has 0 aromatic carbocycles. The van der Waals surface area contributed by atoms with E-state index >= 15 is 0 Å². The predicted molar refractivity (Wildman–Crippen MR) is 89.3 cm³/mol. The van der Waals surface area contributed by atoms with E-state index in [0.29, 0.717) is 30.2 Å². The van der Waals surface area contributed by atoms with E-state index in [1.165, 1.54) is 28.9 Å². The summed E-state index contributed by atoms with van der Waals surface area (Å²) in [5.41, 5.74) is 1.55. The molecule has 0 bridgehead atoms. The van der Waals surface area contributed by atoms with E-state index in [2.05, 4.69) is 15.5 Å². The number of nitrogens with one attached hydrogen (secondary N) is 1. The van der Waals surface area contributed by atoms with Crippen molar-refractivity contribution >= 4 is 39.6 Å². The minimum atomic E-state index is -0.185. The smallest absolute Gasteiger partial charge is 0.292 e. The van der Waals surface area contributed by atoms with Crippen molar-refractivity contribution in [2.24, 2.45) is 0 Å². The third-order valence-corrected chi connectivity index (χ3v) is 5.35. The summed E-state index contributed by atoms with van der Waals surface area (Å²) < 4.78 is 4.93. The van der Waals surface area contributed by atoms with Gasteiger partial charge < -0.3 is 9.42 Å². The van der Waals surface area contributed by atoms with Crippen molar-refractivity contribution in [3.05, 3.63) is 51.0 Å². The summed E-state index contributed by atoms with van der Waals surface area (Å²) in [5, 5.41) is 10.6. The molecule has 0 radical (unpaired) electrons. The van der Waals surface area contributed by atoms with Crippen LogP contribution >= 0.6 is 22.7 Å². The third-order valence-electron chi connectivity index (χ3n) is 3.67. The highest BCUT2D eigenvalue weighted by atomic mass is 32.1. The Morgan fingerprint density at radius 1 is 1.33 bits per heavy atom. The standard InChI is InChI=1S/C15H12N4O3S2/c20-13(9-3-6-23-8-9)18-15-17-10-2-5-19(7-12(10)24-15)14(21)11-1-4-16-22-11/h1,3-4,6,8H,2,5,7H2,(H,17,18,20). The molecule has 1 aliphatic heterocycles. The highest BCUT2D eigenvalue weighted by Crippen LogP contribution is 2.29. The molecule has 3 aromatic heterocycles. The summed E-state index contributed by atoms with van der Waals surface area (Å²) in [5.74, 6) is -0.124. The van der Waals surface area contributed by atoms with Gasteiger partial charge in [0.25, 0.3) is 11.8 Å². The molecule has 122 valence electrons. The van der Waals surface area contributed by atoms with E-state index in [4.69, 9.17) is 4.52 Å². The van der Waals surface area contributed by atoms with E-state index in [1.54, 1.807) is 22.4 Å². The Morgan fingerprint density at radius 3 is 3.00 bits per heavy atom. The Labute approximate surface area is 144 Å². The second kappa shape index (κ2) is 6.17. The zero-order chi connectivity index (χ0) is 16.5. The van der Waals surface area contributed by atoms with Crippen LogP contribution in [0.5, 0.6) is 0 Å². The van der Waals surface area contributed by atoms with Gasteiger partial charge in [-0.1, -0.05) is 16.5 Å². The van der Waals surface area contributed by atoms with E-state index < -0.39 is 0 Å². The van der Waals surface area contributed by atoms with Crippen LogP contribution in [-0.4, -0.2) is 33.4 Å². The fraction of sp³-hybridized carbons (Fsp3) is 0.200. The van der Waals surface area contributed by atoms with E-state index in [1.807, 2.05) is 5.38 Å². The summed E-state index contributed by atoms with van der Waals surface area (Å²) in [4.78, 5) is 31.6. The number of amides is 2. The van der Waals surface area contributed by atoms with Crippen molar-refractivity contribution in [1.82, 2.24) is 15.0 Å². The summed E-state index contributed by atoms with van der Waals surface area (Å²) in [7, 11) is 0. The van der Waals surface area contributed by atoms with Gasteiger partial charge in [0.1, 0.15) is 0 Å². The summed E-state index contributed by atoms with van der Waals surface area (Å²) >= 11 is 2.87. The molecule has 0 aliphatic carbocycles. The minimum Gasteiger partial charge on any atom is -0.351 e. The predicted octanol–water partition coefficient (Wildman–Crippen LogP) is 2.64. The molecule has 0 fully saturated rings. The van der Waals surface area contributed by atoms with E-state index in [0.717, 1.165) is 10.6 Å². The fourth-order valence-electron chi connectivity index (χ4n) is 2.47. The number of thiophene rings is 1. The van der Waals surface area contributed by atoms with Crippen LogP contribution in [0.15, 0.2) is 33.6 Å². The first-order valence-electron chi connectivity index (χ1n) is 7.23. The number of anilines is 1. The SMILES string of the molecule is O=C(Nc1nc2c(s1)CN(C(=O)c1ccno1)CC2)c1ccsc1. The fourth-order valence-corrected chi connectivity index (χ4v) is 4.12. The van der Waals surface area contributed by atoms with Crippen LogP contribution < -0.4 is 5.32 Å². The minimum absolute atomic E-state index is 0.170. The number of aromatic nitrogens is 2. The van der Waals surface area contributed by atoms with Crippen molar-refractivity contribution in [2.45, 2.75) is 13.0 Å². The highest BCUT2D eigenvalue weighted by molar-refractivity contribution is 7.16. The van der Waals surface area contributed by atoms with Crippen molar-refractivity contribution in [2.75, 3.05) is 11.9 Å². The molecule has 0 saturated heterocycles. The van der Waals surface area contributed by atoms with Gasteiger partial charge >= 0.3 is 0 Å². The van der Waals surface area contributed by atoms with Crippen molar-refractivity contribution in [1.29, 1.82) is 0 Å². The van der Waals surface area contributed by atoms with E-state index in [-0.39, 0.29) is 17.6 Å². The maximum absolute atomic E-state index is 12.3. The molecule has 9 heteroatoms. The summed E-state index contributed by atoms with van der Waals surface area (Å²) in [6.45, 7) is 1.02. The normalized spacial score (nSPS) is 13.6. The maximum Gasteiger partial charge on any atom is 0.292 e. The second-order valence-corrected chi connectivity index (χ2v) is 7.07. The van der Waals surface area contributed by atoms with Crippen LogP contribution in [0.25, 0.3) is 0 Å². The first kappa shape index (κ1) is 15.0. The lowest BCUT2D eigenvalue weighted by atomic mass is 10.1. The molecule has 24 heavy (non-hydrogen) atoms. The number of rotatable bonds is 3. The van der Waals surface area contributed by atoms with Crippen LogP contribution in [0.1, 0.15) is 31.5 Å². The van der Waals surface area contributed by atoms with Gasteiger partial charge in [0.05, 0.1) is 24.0 Å². The number of nitrogens with zero attached hydrogens (tertiary/aromatic N) is 3. The Kier molecular flexibility index (Phi) is 3.87. The molecule has 4 heterocycles. The van der Waals surface area contributed by atoms with Gasteiger partial charge in [-0.2, -0.15) is 11.3 Å². The van der Waals surface area contributed by atoms with Crippen LogP contribution in [0.4, 0.5) is 5.13 Å². The second-order valence-electron chi connectivity index (χ2n) is 5.21. The lowest BCUT2D eigenvalue weighted by Crippen LogP contribution is -2.35. The third kappa shape index (κ3) is 2.83. The average Bonchev–Trinajstić information content (AvgIpc) is 3.32. The number of carbonyl (C=O) groups is 2. The number of carbonyl (C=O) groups excluding carboxylic acids is 2. The Morgan fingerprint density at radius 2 is 2.25 bits per heavy atom. The van der Waals surface area contributed by atoms with Gasteiger partial charge in [0.15, 0.2) is 5.13 Å². The van der Waals surface area contributed by atoms with Crippen molar-refractivity contribution in [3.63, 3.8) is 0 Å². The average molecular weight is 360 g/mol.